The van der Waals surface area contributed by atoms with E-state index < -0.39 is 0 Å². The van der Waals surface area contributed by atoms with Gasteiger partial charge in [-0.1, -0.05) is 37.3 Å². The van der Waals surface area contributed by atoms with E-state index in [1.807, 2.05) is 12.1 Å². The van der Waals surface area contributed by atoms with E-state index in [-0.39, 0.29) is 11.2 Å². The van der Waals surface area contributed by atoms with Gasteiger partial charge in [-0.05, 0) is 61.5 Å². The second kappa shape index (κ2) is 7.59. The quantitative estimate of drug-likeness (QED) is 0.774. The third kappa shape index (κ3) is 3.30. The highest BCUT2D eigenvalue weighted by atomic mass is 16.5. The summed E-state index contributed by atoms with van der Waals surface area (Å²) in [6.07, 6.45) is 2.93. The number of benzene rings is 2. The van der Waals surface area contributed by atoms with Gasteiger partial charge in [0.2, 0.25) is 0 Å². The lowest BCUT2D eigenvalue weighted by Gasteiger charge is -2.39. The molecule has 0 saturated carbocycles. The fourth-order valence-corrected chi connectivity index (χ4v) is 4.96. The summed E-state index contributed by atoms with van der Waals surface area (Å²) in [5, 5.41) is 0. The number of likely N-dealkylation sites (tertiary alicyclic amines) is 1. The van der Waals surface area contributed by atoms with Crippen molar-refractivity contribution in [3.05, 3.63) is 59.2 Å². The summed E-state index contributed by atoms with van der Waals surface area (Å²) >= 11 is 0. The second-order valence-electron chi connectivity index (χ2n) is 8.32. The number of Topliss-reactive ketones (excluding diaryl/α,β-unsaturated/α-hetero) is 1. The average Bonchev–Trinajstić information content (AvgIpc) is 2.98. The number of rotatable bonds is 5. The molecule has 28 heavy (non-hydrogen) atoms. The summed E-state index contributed by atoms with van der Waals surface area (Å²) in [5.74, 6) is 2.02. The molecule has 0 N–H and O–H groups in total. The lowest BCUT2D eigenvalue weighted by atomic mass is 9.69. The molecule has 2 aromatic rings. The van der Waals surface area contributed by atoms with Crippen LogP contribution in [-0.2, 0) is 13.0 Å². The van der Waals surface area contributed by atoms with Gasteiger partial charge in [0.25, 0.3) is 0 Å². The largest absolute Gasteiger partial charge is 0.493 e. The van der Waals surface area contributed by atoms with E-state index in [9.17, 15) is 4.79 Å². The third-order valence-corrected chi connectivity index (χ3v) is 6.67. The Balaban J connectivity index is 1.47. The summed E-state index contributed by atoms with van der Waals surface area (Å²) < 4.78 is 10.8. The molecule has 0 spiro atoms. The van der Waals surface area contributed by atoms with Crippen molar-refractivity contribution >= 4 is 5.78 Å². The molecule has 1 fully saturated rings. The Morgan fingerprint density at radius 1 is 1.04 bits per heavy atom. The molecular weight excluding hydrogens is 350 g/mol. The van der Waals surface area contributed by atoms with Crippen molar-refractivity contribution in [2.24, 2.45) is 11.3 Å². The van der Waals surface area contributed by atoms with Crippen molar-refractivity contribution in [3.8, 4) is 11.5 Å². The standard InChI is InChI=1S/C24H29NO3/c1-24(15-18-13-21(27-2)22(28-3)14-20(18)23(24)26)19-9-11-25(12-10-19)16-17-7-5-4-6-8-17/h4-8,13-14,19H,9-12,15-16H2,1-3H3. The topological polar surface area (TPSA) is 38.8 Å². The number of piperidine rings is 1. The molecule has 4 heteroatoms. The summed E-state index contributed by atoms with van der Waals surface area (Å²) in [5.41, 5.74) is 2.94. The first kappa shape index (κ1) is 19.0. The number of ether oxygens (including phenoxy) is 2. The van der Waals surface area contributed by atoms with Crippen molar-refractivity contribution in [1.82, 2.24) is 4.90 Å². The van der Waals surface area contributed by atoms with Crippen LogP contribution in [0.2, 0.25) is 0 Å². The van der Waals surface area contributed by atoms with Gasteiger partial charge in [-0.2, -0.15) is 0 Å². The van der Waals surface area contributed by atoms with Gasteiger partial charge in [0.1, 0.15) is 0 Å². The van der Waals surface area contributed by atoms with Gasteiger partial charge in [0, 0.05) is 17.5 Å². The smallest absolute Gasteiger partial charge is 0.169 e. The molecule has 4 rings (SSSR count). The SMILES string of the molecule is COc1cc2c(cc1OC)C(=O)C(C)(C1CCN(Cc3ccccc3)CC1)C2. The van der Waals surface area contributed by atoms with Crippen molar-refractivity contribution in [1.29, 1.82) is 0 Å². The summed E-state index contributed by atoms with van der Waals surface area (Å²) in [6, 6.07) is 14.5. The number of hydrogen-bond donors (Lipinski definition) is 0. The maximum atomic E-state index is 13.3. The zero-order chi connectivity index (χ0) is 19.7. The van der Waals surface area contributed by atoms with Gasteiger partial charge in [0.05, 0.1) is 14.2 Å². The molecular formula is C24H29NO3. The molecule has 148 valence electrons. The molecule has 1 atom stereocenters. The maximum absolute atomic E-state index is 13.3. The van der Waals surface area contributed by atoms with Crippen LogP contribution in [-0.4, -0.2) is 38.0 Å². The maximum Gasteiger partial charge on any atom is 0.169 e. The summed E-state index contributed by atoms with van der Waals surface area (Å²) in [6.45, 7) is 5.25. The van der Waals surface area contributed by atoms with Gasteiger partial charge in [-0.25, -0.2) is 0 Å². The lowest BCUT2D eigenvalue weighted by Crippen LogP contribution is -2.42. The normalized spacial score (nSPS) is 22.9. The molecule has 0 aromatic heterocycles. The molecule has 0 radical (unpaired) electrons. The van der Waals surface area contributed by atoms with Gasteiger partial charge < -0.3 is 9.47 Å². The van der Waals surface area contributed by atoms with Crippen LogP contribution in [0.5, 0.6) is 11.5 Å². The molecule has 1 aliphatic carbocycles. The van der Waals surface area contributed by atoms with Crippen LogP contribution in [0.25, 0.3) is 0 Å². The number of nitrogens with zero attached hydrogens (tertiary/aromatic N) is 1. The Morgan fingerprint density at radius 2 is 1.68 bits per heavy atom. The predicted molar refractivity (Wildman–Crippen MR) is 110 cm³/mol. The Kier molecular flexibility index (Phi) is 5.15. The molecule has 1 unspecified atom stereocenters. The highest BCUT2D eigenvalue weighted by Crippen LogP contribution is 2.48. The van der Waals surface area contributed by atoms with Crippen LogP contribution in [0, 0.1) is 11.3 Å². The number of carbonyl (C=O) groups excluding carboxylic acids is 1. The summed E-state index contributed by atoms with van der Waals surface area (Å²) in [7, 11) is 3.26. The van der Waals surface area contributed by atoms with E-state index >= 15 is 0 Å². The minimum absolute atomic E-state index is 0.268. The van der Waals surface area contributed by atoms with Gasteiger partial charge in [-0.3, -0.25) is 9.69 Å². The first-order valence-corrected chi connectivity index (χ1v) is 10.1. The minimum Gasteiger partial charge on any atom is -0.493 e. The Hall–Kier alpha value is -2.33. The first-order chi connectivity index (χ1) is 13.5. The molecule has 1 aliphatic heterocycles. The molecule has 1 saturated heterocycles. The van der Waals surface area contributed by atoms with Gasteiger partial charge in [0.15, 0.2) is 17.3 Å². The van der Waals surface area contributed by atoms with Crippen LogP contribution in [0.3, 0.4) is 0 Å². The van der Waals surface area contributed by atoms with Crippen LogP contribution >= 0.6 is 0 Å². The molecule has 4 nitrogen and oxygen atoms in total. The minimum atomic E-state index is -0.321. The van der Waals surface area contributed by atoms with E-state index in [0.29, 0.717) is 17.4 Å². The Labute approximate surface area is 167 Å². The fourth-order valence-electron chi connectivity index (χ4n) is 4.96. The van der Waals surface area contributed by atoms with Crippen LogP contribution in [0.15, 0.2) is 42.5 Å². The average molecular weight is 380 g/mol. The zero-order valence-corrected chi connectivity index (χ0v) is 17.0. The van der Waals surface area contributed by atoms with E-state index in [1.165, 1.54) is 5.56 Å². The Morgan fingerprint density at radius 3 is 2.32 bits per heavy atom. The van der Waals surface area contributed by atoms with Crippen molar-refractivity contribution < 1.29 is 14.3 Å². The molecule has 0 bridgehead atoms. The zero-order valence-electron chi connectivity index (χ0n) is 17.0. The first-order valence-electron chi connectivity index (χ1n) is 10.1. The number of hydrogen-bond acceptors (Lipinski definition) is 4. The lowest BCUT2D eigenvalue weighted by molar-refractivity contribution is 0.0585. The molecule has 2 aromatic carbocycles. The van der Waals surface area contributed by atoms with Crippen LogP contribution in [0.1, 0.15) is 41.3 Å². The van der Waals surface area contributed by atoms with Gasteiger partial charge in [-0.15, -0.1) is 0 Å². The number of carbonyl (C=O) groups is 1. The van der Waals surface area contributed by atoms with Crippen molar-refractivity contribution in [3.63, 3.8) is 0 Å². The molecule has 0 amide bonds. The fraction of sp³-hybridized carbons (Fsp3) is 0.458. The third-order valence-electron chi connectivity index (χ3n) is 6.67. The monoisotopic (exact) mass is 379 g/mol. The van der Waals surface area contributed by atoms with Crippen LogP contribution < -0.4 is 9.47 Å². The molecule has 2 aliphatic rings. The molecule has 1 heterocycles. The van der Waals surface area contributed by atoms with E-state index in [1.54, 1.807) is 14.2 Å². The highest BCUT2D eigenvalue weighted by Gasteiger charge is 2.48. The van der Waals surface area contributed by atoms with Crippen LogP contribution in [0.4, 0.5) is 0 Å². The van der Waals surface area contributed by atoms with E-state index in [0.717, 1.165) is 50.0 Å². The number of ketones is 1. The van der Waals surface area contributed by atoms with Crippen molar-refractivity contribution in [2.75, 3.05) is 27.3 Å². The summed E-state index contributed by atoms with van der Waals surface area (Å²) in [4.78, 5) is 15.9. The highest BCUT2D eigenvalue weighted by molar-refractivity contribution is 6.05. The van der Waals surface area contributed by atoms with E-state index in [2.05, 4.69) is 42.2 Å². The number of fused-ring (bicyclic) bond motifs is 1. The predicted octanol–water partition coefficient (Wildman–Crippen LogP) is 4.36. The van der Waals surface area contributed by atoms with Crippen molar-refractivity contribution in [2.45, 2.75) is 32.7 Å². The Bertz CT molecular complexity index is 856. The van der Waals surface area contributed by atoms with Gasteiger partial charge >= 0.3 is 0 Å². The number of methoxy groups -OCH3 is 2. The van der Waals surface area contributed by atoms with E-state index in [4.69, 9.17) is 9.47 Å². The second-order valence-corrected chi connectivity index (χ2v) is 8.32.